The lowest BCUT2D eigenvalue weighted by molar-refractivity contribution is 0.122. The van der Waals surface area contributed by atoms with Gasteiger partial charge in [-0.05, 0) is 31.6 Å². The van der Waals surface area contributed by atoms with Crippen LogP contribution in [0.5, 0.6) is 0 Å². The van der Waals surface area contributed by atoms with Crippen molar-refractivity contribution >= 4 is 5.84 Å². The summed E-state index contributed by atoms with van der Waals surface area (Å²) in [4.78, 5) is 0. The summed E-state index contributed by atoms with van der Waals surface area (Å²) in [6.45, 7) is 10.1. The van der Waals surface area contributed by atoms with Crippen molar-refractivity contribution < 1.29 is 9.94 Å². The van der Waals surface area contributed by atoms with Crippen molar-refractivity contribution in [3.05, 3.63) is 0 Å². The molecule has 0 aliphatic heterocycles. The molecule has 0 heterocycles. The van der Waals surface area contributed by atoms with Gasteiger partial charge in [0, 0.05) is 18.6 Å². The van der Waals surface area contributed by atoms with Gasteiger partial charge in [-0.1, -0.05) is 39.3 Å². The number of oxime groups is 1. The van der Waals surface area contributed by atoms with Gasteiger partial charge in [0.25, 0.3) is 0 Å². The second-order valence-corrected chi connectivity index (χ2v) is 5.97. The van der Waals surface area contributed by atoms with Gasteiger partial charge in [0.15, 0.2) is 0 Å². The molecule has 0 rings (SSSR count). The van der Waals surface area contributed by atoms with E-state index in [0.29, 0.717) is 5.84 Å². The predicted octanol–water partition coefficient (Wildman–Crippen LogP) is 3.38. The van der Waals surface area contributed by atoms with E-state index in [-0.39, 0.29) is 5.41 Å². The zero-order chi connectivity index (χ0) is 14.0. The number of nitrogens with two attached hydrogens (primary N) is 1. The summed E-state index contributed by atoms with van der Waals surface area (Å²) >= 11 is 0. The Kier molecular flexibility index (Phi) is 8.81. The van der Waals surface area contributed by atoms with E-state index in [2.05, 4.69) is 19.0 Å². The topological polar surface area (TPSA) is 67.8 Å². The molecule has 0 aromatic carbocycles. The lowest BCUT2D eigenvalue weighted by Gasteiger charge is -2.22. The molecule has 0 aromatic heterocycles. The van der Waals surface area contributed by atoms with Crippen molar-refractivity contribution in [2.45, 2.75) is 59.8 Å². The van der Waals surface area contributed by atoms with Crippen molar-refractivity contribution in [3.8, 4) is 0 Å². The van der Waals surface area contributed by atoms with Crippen LogP contribution in [0.1, 0.15) is 59.8 Å². The highest BCUT2D eigenvalue weighted by Crippen LogP contribution is 2.23. The molecule has 4 nitrogen and oxygen atoms in total. The van der Waals surface area contributed by atoms with Crippen LogP contribution in [0, 0.1) is 11.3 Å². The predicted molar refractivity (Wildman–Crippen MR) is 75.9 cm³/mol. The summed E-state index contributed by atoms with van der Waals surface area (Å²) in [6.07, 6.45) is 5.36. The highest BCUT2D eigenvalue weighted by atomic mass is 16.5. The molecule has 3 N–H and O–H groups in total. The molecule has 108 valence electrons. The smallest absolute Gasteiger partial charge is 0.144 e. The minimum Gasteiger partial charge on any atom is -0.409 e. The van der Waals surface area contributed by atoms with Crippen molar-refractivity contribution in [2.24, 2.45) is 22.2 Å². The minimum atomic E-state index is -0.230. The van der Waals surface area contributed by atoms with Crippen LogP contribution in [0.25, 0.3) is 0 Å². The summed E-state index contributed by atoms with van der Waals surface area (Å²) in [7, 11) is 0. The molecule has 18 heavy (non-hydrogen) atoms. The van der Waals surface area contributed by atoms with Crippen LogP contribution in [0.2, 0.25) is 0 Å². The van der Waals surface area contributed by atoms with E-state index in [1.165, 1.54) is 6.42 Å². The molecule has 0 amide bonds. The first-order valence-electron chi connectivity index (χ1n) is 6.96. The number of rotatable bonds is 10. The number of nitrogens with zero attached hydrogens (tertiary/aromatic N) is 1. The number of hydrogen-bond acceptors (Lipinski definition) is 3. The molecule has 0 saturated heterocycles. The van der Waals surface area contributed by atoms with Gasteiger partial charge >= 0.3 is 0 Å². The van der Waals surface area contributed by atoms with Crippen LogP contribution in [0.4, 0.5) is 0 Å². The van der Waals surface area contributed by atoms with Crippen LogP contribution in [0.3, 0.4) is 0 Å². The van der Waals surface area contributed by atoms with Crippen molar-refractivity contribution in [1.82, 2.24) is 0 Å². The summed E-state index contributed by atoms with van der Waals surface area (Å²) in [6, 6.07) is 0. The fourth-order valence-electron chi connectivity index (χ4n) is 1.73. The van der Waals surface area contributed by atoms with Crippen LogP contribution in [-0.2, 0) is 4.74 Å². The molecule has 0 aromatic rings. The van der Waals surface area contributed by atoms with Crippen LogP contribution in [0.15, 0.2) is 5.16 Å². The standard InChI is InChI=1S/C14H30N2O2/c1-12(2)8-7-11-18-10-6-5-9-14(3,4)13(15)16-17/h12,17H,5-11H2,1-4H3,(H2,15,16). The molecular weight excluding hydrogens is 228 g/mol. The van der Waals surface area contributed by atoms with E-state index in [1.807, 2.05) is 13.8 Å². The number of hydrogen-bond donors (Lipinski definition) is 2. The van der Waals surface area contributed by atoms with Crippen molar-refractivity contribution in [3.63, 3.8) is 0 Å². The van der Waals surface area contributed by atoms with E-state index >= 15 is 0 Å². The average Bonchev–Trinajstić information content (AvgIpc) is 2.30. The number of amidine groups is 1. The average molecular weight is 258 g/mol. The summed E-state index contributed by atoms with van der Waals surface area (Å²) in [5, 5.41) is 11.7. The molecule has 0 radical (unpaired) electrons. The van der Waals surface area contributed by atoms with E-state index in [4.69, 9.17) is 15.7 Å². The van der Waals surface area contributed by atoms with Gasteiger partial charge in [-0.25, -0.2) is 0 Å². The summed E-state index contributed by atoms with van der Waals surface area (Å²) < 4.78 is 5.57. The third kappa shape index (κ3) is 8.34. The SMILES string of the molecule is CC(C)CCCOCCCCC(C)(C)C(N)=NO. The monoisotopic (exact) mass is 258 g/mol. The summed E-state index contributed by atoms with van der Waals surface area (Å²) in [5.74, 6) is 1.07. The van der Waals surface area contributed by atoms with E-state index in [0.717, 1.165) is 44.8 Å². The van der Waals surface area contributed by atoms with Gasteiger partial charge in [-0.3, -0.25) is 0 Å². The highest BCUT2D eigenvalue weighted by molar-refractivity contribution is 5.85. The second-order valence-electron chi connectivity index (χ2n) is 5.97. The Labute approximate surface area is 112 Å². The molecule has 0 unspecified atom stereocenters. The third-order valence-corrected chi connectivity index (χ3v) is 3.21. The van der Waals surface area contributed by atoms with E-state index < -0.39 is 0 Å². The Balaban J connectivity index is 3.46. The highest BCUT2D eigenvalue weighted by Gasteiger charge is 2.22. The van der Waals surface area contributed by atoms with Gasteiger partial charge in [-0.2, -0.15) is 0 Å². The number of ether oxygens (including phenoxy) is 1. The first-order valence-corrected chi connectivity index (χ1v) is 6.96. The zero-order valence-corrected chi connectivity index (χ0v) is 12.4. The quantitative estimate of drug-likeness (QED) is 0.207. The Bertz CT molecular complexity index is 238. The Morgan fingerprint density at radius 1 is 1.22 bits per heavy atom. The molecule has 4 heteroatoms. The first kappa shape index (κ1) is 17.2. The van der Waals surface area contributed by atoms with Gasteiger partial charge < -0.3 is 15.7 Å². The fourth-order valence-corrected chi connectivity index (χ4v) is 1.73. The molecule has 0 spiro atoms. The van der Waals surface area contributed by atoms with Crippen molar-refractivity contribution in [2.75, 3.05) is 13.2 Å². The van der Waals surface area contributed by atoms with Crippen LogP contribution in [-0.4, -0.2) is 24.3 Å². The Morgan fingerprint density at radius 3 is 2.39 bits per heavy atom. The van der Waals surface area contributed by atoms with Gasteiger partial charge in [0.2, 0.25) is 0 Å². The Hall–Kier alpha value is -0.770. The fraction of sp³-hybridized carbons (Fsp3) is 0.929. The number of unbranched alkanes of at least 4 members (excludes halogenated alkanes) is 1. The Morgan fingerprint density at radius 2 is 1.83 bits per heavy atom. The zero-order valence-electron chi connectivity index (χ0n) is 12.4. The molecular formula is C14H30N2O2. The van der Waals surface area contributed by atoms with Crippen molar-refractivity contribution in [1.29, 1.82) is 0 Å². The normalized spacial score (nSPS) is 13.3. The lowest BCUT2D eigenvalue weighted by Crippen LogP contribution is -2.31. The van der Waals surface area contributed by atoms with E-state index in [9.17, 15) is 0 Å². The lowest BCUT2D eigenvalue weighted by atomic mass is 9.86. The van der Waals surface area contributed by atoms with E-state index in [1.54, 1.807) is 0 Å². The van der Waals surface area contributed by atoms with Gasteiger partial charge in [-0.15, -0.1) is 0 Å². The molecule has 0 aliphatic rings. The maximum atomic E-state index is 8.65. The van der Waals surface area contributed by atoms with Crippen LogP contribution >= 0.6 is 0 Å². The maximum Gasteiger partial charge on any atom is 0.144 e. The minimum absolute atomic E-state index is 0.230. The van der Waals surface area contributed by atoms with Gasteiger partial charge in [0.1, 0.15) is 5.84 Å². The van der Waals surface area contributed by atoms with Crippen LogP contribution < -0.4 is 5.73 Å². The first-order chi connectivity index (χ1) is 8.40. The molecule has 0 fully saturated rings. The van der Waals surface area contributed by atoms with Gasteiger partial charge in [0.05, 0.1) is 0 Å². The third-order valence-electron chi connectivity index (χ3n) is 3.21. The largest absolute Gasteiger partial charge is 0.409 e. The molecule has 0 atom stereocenters. The maximum absolute atomic E-state index is 8.65. The molecule has 0 aliphatic carbocycles. The second kappa shape index (κ2) is 9.20. The molecule has 0 bridgehead atoms. The summed E-state index contributed by atoms with van der Waals surface area (Å²) in [5.41, 5.74) is 5.40. The molecule has 0 saturated carbocycles.